The number of benzene rings is 1. The van der Waals surface area contributed by atoms with Crippen molar-refractivity contribution in [3.8, 4) is 22.2 Å². The molecule has 3 rings (SSSR count). The zero-order chi connectivity index (χ0) is 15.5. The van der Waals surface area contributed by atoms with Crippen LogP contribution in [-0.2, 0) is 0 Å². The van der Waals surface area contributed by atoms with Crippen molar-refractivity contribution in [2.24, 2.45) is 0 Å². The summed E-state index contributed by atoms with van der Waals surface area (Å²) in [7, 11) is 0. The number of carbonyl (C=O) groups is 1. The molecule has 0 fully saturated rings. The first-order chi connectivity index (χ1) is 10.6. The molecule has 6 heteroatoms. The zero-order valence-corrected chi connectivity index (χ0v) is 13.1. The fourth-order valence-corrected chi connectivity index (χ4v) is 2.77. The summed E-state index contributed by atoms with van der Waals surface area (Å²) < 4.78 is 5.28. The smallest absolute Gasteiger partial charge is 0.261 e. The molecule has 2 aromatic heterocycles. The van der Waals surface area contributed by atoms with Gasteiger partial charge in [0, 0.05) is 11.6 Å². The van der Waals surface area contributed by atoms with Gasteiger partial charge in [0.2, 0.25) is 5.82 Å². The number of nitrogens with zero attached hydrogens (tertiary/aromatic N) is 2. The quantitative estimate of drug-likeness (QED) is 0.799. The van der Waals surface area contributed by atoms with E-state index in [4.69, 9.17) is 4.52 Å². The molecule has 0 aliphatic carbocycles. The van der Waals surface area contributed by atoms with Crippen LogP contribution in [0.15, 0.2) is 47.0 Å². The molecule has 0 bridgehead atoms. The summed E-state index contributed by atoms with van der Waals surface area (Å²) in [5.74, 6) is 0.877. The van der Waals surface area contributed by atoms with Gasteiger partial charge in [-0.25, -0.2) is 0 Å². The number of thiophene rings is 1. The van der Waals surface area contributed by atoms with Gasteiger partial charge in [-0.3, -0.25) is 4.79 Å². The molecule has 1 amide bonds. The third-order valence-electron chi connectivity index (χ3n) is 2.92. The van der Waals surface area contributed by atoms with Crippen molar-refractivity contribution >= 4 is 17.2 Å². The first-order valence-electron chi connectivity index (χ1n) is 6.93. The lowest BCUT2D eigenvalue weighted by Crippen LogP contribution is -2.29. The number of amides is 1. The van der Waals surface area contributed by atoms with Gasteiger partial charge in [-0.1, -0.05) is 23.4 Å². The molecule has 0 radical (unpaired) electrons. The normalized spacial score (nSPS) is 10.9. The first kappa shape index (κ1) is 14.5. The number of rotatable bonds is 4. The summed E-state index contributed by atoms with van der Waals surface area (Å²) in [6.07, 6.45) is 0. The van der Waals surface area contributed by atoms with Crippen molar-refractivity contribution in [3.05, 3.63) is 47.3 Å². The van der Waals surface area contributed by atoms with Crippen LogP contribution in [0.3, 0.4) is 0 Å². The summed E-state index contributed by atoms with van der Waals surface area (Å²) >= 11 is 1.35. The highest BCUT2D eigenvalue weighted by atomic mass is 32.1. The Morgan fingerprint density at radius 3 is 2.68 bits per heavy atom. The van der Waals surface area contributed by atoms with E-state index in [0.717, 1.165) is 10.4 Å². The molecule has 2 heterocycles. The van der Waals surface area contributed by atoms with E-state index in [-0.39, 0.29) is 11.9 Å². The van der Waals surface area contributed by atoms with E-state index in [2.05, 4.69) is 15.5 Å². The Morgan fingerprint density at radius 2 is 1.95 bits per heavy atom. The van der Waals surface area contributed by atoms with E-state index in [1.807, 2.05) is 50.2 Å². The van der Waals surface area contributed by atoms with Crippen LogP contribution in [0, 0.1) is 0 Å². The van der Waals surface area contributed by atoms with Gasteiger partial charge in [0.25, 0.3) is 11.8 Å². The molecule has 0 aliphatic heterocycles. The molecule has 0 unspecified atom stereocenters. The van der Waals surface area contributed by atoms with Crippen molar-refractivity contribution in [2.45, 2.75) is 19.9 Å². The topological polar surface area (TPSA) is 68.0 Å². The summed E-state index contributed by atoms with van der Waals surface area (Å²) in [4.78, 5) is 17.8. The van der Waals surface area contributed by atoms with Gasteiger partial charge in [0.05, 0.1) is 9.75 Å². The average Bonchev–Trinajstić information content (AvgIpc) is 3.17. The van der Waals surface area contributed by atoms with Crippen LogP contribution in [-0.4, -0.2) is 22.1 Å². The second kappa shape index (κ2) is 6.11. The Morgan fingerprint density at radius 1 is 1.18 bits per heavy atom. The van der Waals surface area contributed by atoms with Crippen molar-refractivity contribution in [1.82, 2.24) is 15.5 Å². The third kappa shape index (κ3) is 3.07. The summed E-state index contributed by atoms with van der Waals surface area (Å²) in [6.45, 7) is 3.86. The molecule has 1 aromatic carbocycles. The van der Waals surface area contributed by atoms with Crippen molar-refractivity contribution in [3.63, 3.8) is 0 Å². The molecule has 0 atom stereocenters. The molecule has 0 spiro atoms. The molecule has 0 aliphatic rings. The van der Waals surface area contributed by atoms with E-state index in [1.54, 1.807) is 6.07 Å². The van der Waals surface area contributed by atoms with Gasteiger partial charge >= 0.3 is 0 Å². The monoisotopic (exact) mass is 313 g/mol. The van der Waals surface area contributed by atoms with Gasteiger partial charge in [0.1, 0.15) is 0 Å². The zero-order valence-electron chi connectivity index (χ0n) is 12.2. The van der Waals surface area contributed by atoms with E-state index < -0.39 is 0 Å². The Labute approximate surface area is 132 Å². The maximum Gasteiger partial charge on any atom is 0.261 e. The highest BCUT2D eigenvalue weighted by Crippen LogP contribution is 2.28. The van der Waals surface area contributed by atoms with E-state index in [1.165, 1.54) is 11.3 Å². The van der Waals surface area contributed by atoms with Gasteiger partial charge < -0.3 is 9.84 Å². The Kier molecular flexibility index (Phi) is 4.02. The predicted molar refractivity (Wildman–Crippen MR) is 85.6 cm³/mol. The summed E-state index contributed by atoms with van der Waals surface area (Å²) in [6, 6.07) is 13.3. The van der Waals surface area contributed by atoms with Crippen molar-refractivity contribution < 1.29 is 9.32 Å². The standard InChI is InChI=1S/C16H15N3O2S/c1-10(2)17-15(20)13-9-8-12(22-13)14-18-16(21-19-14)11-6-4-3-5-7-11/h3-10H,1-2H3,(H,17,20). The van der Waals surface area contributed by atoms with Crippen LogP contribution < -0.4 is 5.32 Å². The lowest BCUT2D eigenvalue weighted by Gasteiger charge is -2.05. The van der Waals surface area contributed by atoms with Crippen LogP contribution in [0.5, 0.6) is 0 Å². The van der Waals surface area contributed by atoms with E-state index in [9.17, 15) is 4.79 Å². The van der Waals surface area contributed by atoms with E-state index >= 15 is 0 Å². The minimum absolute atomic E-state index is 0.0852. The second-order valence-electron chi connectivity index (χ2n) is 5.08. The highest BCUT2D eigenvalue weighted by molar-refractivity contribution is 7.17. The summed E-state index contributed by atoms with van der Waals surface area (Å²) in [5, 5.41) is 6.85. The fourth-order valence-electron chi connectivity index (χ4n) is 1.93. The largest absolute Gasteiger partial charge is 0.349 e. The lowest BCUT2D eigenvalue weighted by molar-refractivity contribution is 0.0947. The molecular weight excluding hydrogens is 298 g/mol. The van der Waals surface area contributed by atoms with Gasteiger partial charge in [-0.15, -0.1) is 11.3 Å². The minimum atomic E-state index is -0.0852. The van der Waals surface area contributed by atoms with Gasteiger partial charge in [-0.2, -0.15) is 4.98 Å². The highest BCUT2D eigenvalue weighted by Gasteiger charge is 2.15. The molecular formula is C16H15N3O2S. The second-order valence-corrected chi connectivity index (χ2v) is 6.16. The number of aromatic nitrogens is 2. The first-order valence-corrected chi connectivity index (χ1v) is 7.75. The van der Waals surface area contributed by atoms with Crippen LogP contribution in [0.2, 0.25) is 0 Å². The molecule has 0 saturated heterocycles. The van der Waals surface area contributed by atoms with Crippen LogP contribution in [0.25, 0.3) is 22.2 Å². The molecule has 112 valence electrons. The van der Waals surface area contributed by atoms with Crippen molar-refractivity contribution in [2.75, 3.05) is 0 Å². The molecule has 5 nitrogen and oxygen atoms in total. The molecule has 1 N–H and O–H groups in total. The number of hydrogen-bond donors (Lipinski definition) is 1. The third-order valence-corrected chi connectivity index (χ3v) is 4.00. The minimum Gasteiger partial charge on any atom is -0.349 e. The maximum absolute atomic E-state index is 12.0. The van der Waals surface area contributed by atoms with Gasteiger partial charge in [-0.05, 0) is 38.1 Å². The number of nitrogens with one attached hydrogen (secondary N) is 1. The Hall–Kier alpha value is -2.47. The van der Waals surface area contributed by atoms with Gasteiger partial charge in [0.15, 0.2) is 0 Å². The number of carbonyl (C=O) groups excluding carboxylic acids is 1. The molecule has 0 saturated carbocycles. The SMILES string of the molecule is CC(C)NC(=O)c1ccc(-c2noc(-c3ccccc3)n2)s1. The average molecular weight is 313 g/mol. The van der Waals surface area contributed by atoms with Crippen molar-refractivity contribution in [1.29, 1.82) is 0 Å². The molecule has 3 aromatic rings. The Bertz CT molecular complexity index is 778. The summed E-state index contributed by atoms with van der Waals surface area (Å²) in [5.41, 5.74) is 0.871. The lowest BCUT2D eigenvalue weighted by atomic mass is 10.2. The Balaban J connectivity index is 1.83. The van der Waals surface area contributed by atoms with E-state index in [0.29, 0.717) is 16.6 Å². The maximum atomic E-state index is 12.0. The fraction of sp³-hybridized carbons (Fsp3) is 0.188. The van der Waals surface area contributed by atoms with Crippen LogP contribution in [0.1, 0.15) is 23.5 Å². The van der Waals surface area contributed by atoms with Crippen LogP contribution >= 0.6 is 11.3 Å². The molecule has 22 heavy (non-hydrogen) atoms. The van der Waals surface area contributed by atoms with Crippen LogP contribution in [0.4, 0.5) is 0 Å². The predicted octanol–water partition coefficient (Wildman–Crippen LogP) is 3.60. The number of hydrogen-bond acceptors (Lipinski definition) is 5.